The summed E-state index contributed by atoms with van der Waals surface area (Å²) < 4.78 is 30.7. The van der Waals surface area contributed by atoms with E-state index in [-0.39, 0.29) is 10.9 Å². The number of aryl methyl sites for hydroxylation is 3. The van der Waals surface area contributed by atoms with Crippen molar-refractivity contribution in [2.45, 2.75) is 31.8 Å². The summed E-state index contributed by atoms with van der Waals surface area (Å²) in [7, 11) is -1.91. The topological polar surface area (TPSA) is 94.7 Å². The molecule has 9 heteroatoms. The molecule has 0 bridgehead atoms. The molecule has 114 valence electrons. The third-order valence-corrected chi connectivity index (χ3v) is 5.20. The molecule has 0 amide bonds. The minimum atomic E-state index is -3.53. The summed E-state index contributed by atoms with van der Waals surface area (Å²) in [5.74, 6) is 2.00. The van der Waals surface area contributed by atoms with Gasteiger partial charge in [-0.25, -0.2) is 13.1 Å². The average Bonchev–Trinajstić information content (AvgIpc) is 3.05. The summed E-state index contributed by atoms with van der Waals surface area (Å²) >= 11 is 0. The van der Waals surface area contributed by atoms with Gasteiger partial charge in [0.05, 0.1) is 5.69 Å². The third kappa shape index (κ3) is 2.58. The SMILES string of the molecule is Cc1cc(S(=O)(=O)NCC2Cc3nnc(C)n3C2)n(C)n1. The molecule has 0 radical (unpaired) electrons. The van der Waals surface area contributed by atoms with Gasteiger partial charge in [0.15, 0.2) is 5.03 Å². The van der Waals surface area contributed by atoms with Crippen molar-refractivity contribution in [2.24, 2.45) is 13.0 Å². The molecule has 1 aliphatic heterocycles. The van der Waals surface area contributed by atoms with Crippen LogP contribution in [0.15, 0.2) is 11.1 Å². The van der Waals surface area contributed by atoms with Crippen molar-refractivity contribution < 1.29 is 8.42 Å². The summed E-state index contributed by atoms with van der Waals surface area (Å²) in [6.07, 6.45) is 0.744. The van der Waals surface area contributed by atoms with E-state index < -0.39 is 10.0 Å². The van der Waals surface area contributed by atoms with Crippen LogP contribution in [0.25, 0.3) is 0 Å². The smallest absolute Gasteiger partial charge is 0.257 e. The summed E-state index contributed by atoms with van der Waals surface area (Å²) in [5, 5.41) is 12.4. The van der Waals surface area contributed by atoms with E-state index in [1.807, 2.05) is 11.5 Å². The zero-order valence-corrected chi connectivity index (χ0v) is 13.1. The number of rotatable bonds is 4. The van der Waals surface area contributed by atoms with Gasteiger partial charge in [0, 0.05) is 26.6 Å². The molecule has 2 aromatic heterocycles. The summed E-state index contributed by atoms with van der Waals surface area (Å²) in [6, 6.07) is 1.57. The van der Waals surface area contributed by atoms with Gasteiger partial charge in [0.1, 0.15) is 11.6 Å². The maximum Gasteiger partial charge on any atom is 0.257 e. The van der Waals surface area contributed by atoms with Gasteiger partial charge in [-0.2, -0.15) is 5.10 Å². The van der Waals surface area contributed by atoms with Gasteiger partial charge in [-0.3, -0.25) is 4.68 Å². The Hall–Kier alpha value is -1.74. The lowest BCUT2D eigenvalue weighted by molar-refractivity contribution is 0.485. The molecule has 1 unspecified atom stereocenters. The lowest BCUT2D eigenvalue weighted by Crippen LogP contribution is -2.31. The Labute approximate surface area is 123 Å². The Morgan fingerprint density at radius 2 is 2.14 bits per heavy atom. The quantitative estimate of drug-likeness (QED) is 0.842. The highest BCUT2D eigenvalue weighted by Crippen LogP contribution is 2.20. The average molecular weight is 310 g/mol. The van der Waals surface area contributed by atoms with E-state index in [2.05, 4.69) is 20.0 Å². The van der Waals surface area contributed by atoms with Crippen LogP contribution in [-0.2, 0) is 30.0 Å². The first-order valence-electron chi connectivity index (χ1n) is 6.76. The summed E-state index contributed by atoms with van der Waals surface area (Å²) in [4.78, 5) is 0. The lowest BCUT2D eigenvalue weighted by atomic mass is 10.1. The summed E-state index contributed by atoms with van der Waals surface area (Å²) in [5.41, 5.74) is 0.681. The molecular weight excluding hydrogens is 292 g/mol. The molecule has 1 atom stereocenters. The lowest BCUT2D eigenvalue weighted by Gasteiger charge is -2.11. The standard InChI is InChI=1S/C12H18N6O2S/c1-8-4-12(17(3)16-8)21(19,20)13-6-10-5-11-15-14-9(2)18(11)7-10/h4,10,13H,5-7H2,1-3H3. The van der Waals surface area contributed by atoms with Crippen LogP contribution in [0, 0.1) is 19.8 Å². The Bertz CT molecular complexity index is 776. The molecule has 1 aliphatic rings. The molecule has 8 nitrogen and oxygen atoms in total. The van der Waals surface area contributed by atoms with E-state index in [0.29, 0.717) is 12.2 Å². The number of hydrogen-bond donors (Lipinski definition) is 1. The monoisotopic (exact) mass is 310 g/mol. The molecule has 3 rings (SSSR count). The molecule has 3 heterocycles. The van der Waals surface area contributed by atoms with E-state index in [1.165, 1.54) is 4.68 Å². The van der Waals surface area contributed by atoms with Gasteiger partial charge in [0.2, 0.25) is 0 Å². The van der Waals surface area contributed by atoms with Crippen molar-refractivity contribution in [3.05, 3.63) is 23.4 Å². The Morgan fingerprint density at radius 1 is 1.38 bits per heavy atom. The van der Waals surface area contributed by atoms with Crippen molar-refractivity contribution in [3.63, 3.8) is 0 Å². The maximum atomic E-state index is 12.3. The second kappa shape index (κ2) is 4.92. The van der Waals surface area contributed by atoms with Gasteiger partial charge < -0.3 is 4.57 Å². The van der Waals surface area contributed by atoms with Gasteiger partial charge in [0.25, 0.3) is 10.0 Å². The van der Waals surface area contributed by atoms with E-state index in [9.17, 15) is 8.42 Å². The largest absolute Gasteiger partial charge is 0.315 e. The fourth-order valence-electron chi connectivity index (χ4n) is 2.67. The molecule has 0 fully saturated rings. The molecule has 0 aliphatic carbocycles. The molecule has 0 aromatic carbocycles. The molecular formula is C12H18N6O2S. The van der Waals surface area contributed by atoms with Crippen LogP contribution in [0.5, 0.6) is 0 Å². The van der Waals surface area contributed by atoms with Gasteiger partial charge in [-0.1, -0.05) is 0 Å². The number of fused-ring (bicyclic) bond motifs is 1. The minimum Gasteiger partial charge on any atom is -0.315 e. The van der Waals surface area contributed by atoms with Crippen molar-refractivity contribution in [1.29, 1.82) is 0 Å². The van der Waals surface area contributed by atoms with Crippen molar-refractivity contribution >= 4 is 10.0 Å². The highest BCUT2D eigenvalue weighted by Gasteiger charge is 2.27. The van der Waals surface area contributed by atoms with Gasteiger partial charge in [-0.05, 0) is 25.8 Å². The molecule has 21 heavy (non-hydrogen) atoms. The Kier molecular flexibility index (Phi) is 3.33. The Balaban J connectivity index is 1.67. The Morgan fingerprint density at radius 3 is 2.76 bits per heavy atom. The van der Waals surface area contributed by atoms with Crippen LogP contribution >= 0.6 is 0 Å². The predicted octanol–water partition coefficient (Wildman–Crippen LogP) is -0.221. The van der Waals surface area contributed by atoms with E-state index >= 15 is 0 Å². The first kappa shape index (κ1) is 14.2. The van der Waals surface area contributed by atoms with E-state index in [1.54, 1.807) is 20.0 Å². The molecule has 0 spiro atoms. The zero-order chi connectivity index (χ0) is 15.2. The second-order valence-electron chi connectivity index (χ2n) is 5.44. The highest BCUT2D eigenvalue weighted by atomic mass is 32.2. The number of sulfonamides is 1. The first-order chi connectivity index (χ1) is 9.87. The fraction of sp³-hybridized carbons (Fsp3) is 0.583. The second-order valence-corrected chi connectivity index (χ2v) is 7.16. The number of nitrogens with one attached hydrogen (secondary N) is 1. The van der Waals surface area contributed by atoms with Crippen LogP contribution in [0.2, 0.25) is 0 Å². The fourth-order valence-corrected chi connectivity index (χ4v) is 3.99. The van der Waals surface area contributed by atoms with Crippen molar-refractivity contribution in [3.8, 4) is 0 Å². The van der Waals surface area contributed by atoms with E-state index in [0.717, 1.165) is 24.6 Å². The van der Waals surface area contributed by atoms with Crippen LogP contribution in [0.1, 0.15) is 17.3 Å². The van der Waals surface area contributed by atoms with Crippen molar-refractivity contribution in [2.75, 3.05) is 6.54 Å². The normalized spacial score (nSPS) is 18.1. The molecule has 0 saturated heterocycles. The minimum absolute atomic E-state index is 0.189. The van der Waals surface area contributed by atoms with Crippen LogP contribution in [-0.4, -0.2) is 39.5 Å². The third-order valence-electron chi connectivity index (χ3n) is 3.72. The first-order valence-corrected chi connectivity index (χ1v) is 8.24. The predicted molar refractivity (Wildman–Crippen MR) is 75.1 cm³/mol. The van der Waals surface area contributed by atoms with Crippen LogP contribution in [0.4, 0.5) is 0 Å². The van der Waals surface area contributed by atoms with Crippen LogP contribution < -0.4 is 4.72 Å². The van der Waals surface area contributed by atoms with Crippen molar-refractivity contribution in [1.82, 2.24) is 29.3 Å². The molecule has 0 saturated carbocycles. The molecule has 1 N–H and O–H groups in total. The maximum absolute atomic E-state index is 12.3. The number of hydrogen-bond acceptors (Lipinski definition) is 5. The van der Waals surface area contributed by atoms with E-state index in [4.69, 9.17) is 0 Å². The number of aromatic nitrogens is 5. The van der Waals surface area contributed by atoms with Gasteiger partial charge >= 0.3 is 0 Å². The van der Waals surface area contributed by atoms with Crippen LogP contribution in [0.3, 0.4) is 0 Å². The zero-order valence-electron chi connectivity index (χ0n) is 12.2. The highest BCUT2D eigenvalue weighted by molar-refractivity contribution is 7.89. The van der Waals surface area contributed by atoms with Gasteiger partial charge in [-0.15, -0.1) is 10.2 Å². The number of nitrogens with zero attached hydrogens (tertiary/aromatic N) is 5. The summed E-state index contributed by atoms with van der Waals surface area (Å²) in [6.45, 7) is 4.81. The molecule has 2 aromatic rings.